The average Bonchev–Trinajstić information content (AvgIpc) is 1.83. The van der Waals surface area contributed by atoms with Crippen LogP contribution >= 0.6 is 0 Å². The highest BCUT2D eigenvalue weighted by molar-refractivity contribution is 7.91. The van der Waals surface area contributed by atoms with Gasteiger partial charge in [0.25, 0.3) is 0 Å². The van der Waals surface area contributed by atoms with Gasteiger partial charge in [0.05, 0.1) is 11.4 Å². The van der Waals surface area contributed by atoms with Gasteiger partial charge in [0.1, 0.15) is 0 Å². The second kappa shape index (κ2) is 3.96. The molecule has 0 aromatic carbocycles. The Morgan fingerprint density at radius 2 is 1.69 bits per heavy atom. The van der Waals surface area contributed by atoms with Crippen molar-refractivity contribution in [3.63, 3.8) is 0 Å². The molecule has 4 heteroatoms. The van der Waals surface area contributed by atoms with Crippen molar-refractivity contribution in [2.45, 2.75) is 45.5 Å². The summed E-state index contributed by atoms with van der Waals surface area (Å²) in [6.45, 7) is 7.29. The first kappa shape index (κ1) is 12.9. The predicted octanol–water partition coefficient (Wildman–Crippen LogP) is 1.22. The molecule has 0 radical (unpaired) electrons. The van der Waals surface area contributed by atoms with E-state index in [-0.39, 0.29) is 5.41 Å². The monoisotopic (exact) mass is 208 g/mol. The van der Waals surface area contributed by atoms with Gasteiger partial charge in [-0.3, -0.25) is 0 Å². The third kappa shape index (κ3) is 3.65. The topological polar surface area (TPSA) is 54.4 Å². The number of aliphatic hydroxyl groups is 1. The van der Waals surface area contributed by atoms with Gasteiger partial charge in [-0.2, -0.15) is 0 Å². The molecule has 0 aromatic rings. The van der Waals surface area contributed by atoms with Crippen LogP contribution in [0.15, 0.2) is 0 Å². The van der Waals surface area contributed by atoms with Gasteiger partial charge in [-0.15, -0.1) is 0 Å². The van der Waals surface area contributed by atoms with Crippen LogP contribution < -0.4 is 0 Å². The normalized spacial score (nSPS) is 18.3. The lowest BCUT2D eigenvalue weighted by Gasteiger charge is -2.31. The minimum atomic E-state index is -3.15. The van der Waals surface area contributed by atoms with Crippen LogP contribution in [0, 0.1) is 5.41 Å². The summed E-state index contributed by atoms with van der Waals surface area (Å²) in [5, 5.41) is 9.16. The van der Waals surface area contributed by atoms with E-state index < -0.39 is 21.2 Å². The zero-order valence-corrected chi connectivity index (χ0v) is 9.85. The second-order valence-electron chi connectivity index (χ2n) is 4.59. The molecule has 0 aromatic heterocycles. The van der Waals surface area contributed by atoms with Gasteiger partial charge in [0.2, 0.25) is 0 Å². The van der Waals surface area contributed by atoms with Gasteiger partial charge in [-0.05, 0) is 11.8 Å². The van der Waals surface area contributed by atoms with Gasteiger partial charge in [0, 0.05) is 6.26 Å². The molecule has 13 heavy (non-hydrogen) atoms. The first-order chi connectivity index (χ1) is 5.60. The Morgan fingerprint density at radius 3 is 1.77 bits per heavy atom. The summed E-state index contributed by atoms with van der Waals surface area (Å²) in [6, 6.07) is 0. The Bertz CT molecular complexity index is 249. The van der Waals surface area contributed by atoms with Crippen LogP contribution in [0.1, 0.15) is 34.1 Å². The molecule has 1 N–H and O–H groups in total. The molecular formula is C9H20O3S. The molecule has 2 atom stereocenters. The number of hydrogen-bond acceptors (Lipinski definition) is 3. The fourth-order valence-electron chi connectivity index (χ4n) is 1.32. The van der Waals surface area contributed by atoms with Gasteiger partial charge >= 0.3 is 0 Å². The zero-order chi connectivity index (χ0) is 10.9. The van der Waals surface area contributed by atoms with Crippen molar-refractivity contribution in [2.24, 2.45) is 5.41 Å². The first-order valence-corrected chi connectivity index (χ1v) is 6.43. The molecule has 0 spiro atoms. The highest BCUT2D eigenvalue weighted by atomic mass is 32.2. The Kier molecular flexibility index (Phi) is 3.94. The Morgan fingerprint density at radius 1 is 1.31 bits per heavy atom. The Labute approximate surface area is 81.1 Å². The summed E-state index contributed by atoms with van der Waals surface area (Å²) in [7, 11) is -3.15. The molecule has 0 bridgehead atoms. The lowest BCUT2D eigenvalue weighted by atomic mass is 9.86. The van der Waals surface area contributed by atoms with Gasteiger partial charge in [0.15, 0.2) is 9.84 Å². The molecule has 0 aliphatic rings. The van der Waals surface area contributed by atoms with E-state index in [1.165, 1.54) is 6.26 Å². The standard InChI is InChI=1S/C9H20O3S/c1-6-7(13(5,11)12)8(10)9(2,3)4/h7-8,10H,6H2,1-5H3/t7-,8-/m0/s1. The van der Waals surface area contributed by atoms with E-state index in [0.717, 1.165) is 0 Å². The first-order valence-electron chi connectivity index (χ1n) is 4.47. The van der Waals surface area contributed by atoms with Crippen LogP contribution in [0.5, 0.6) is 0 Å². The lowest BCUT2D eigenvalue weighted by Crippen LogP contribution is -2.41. The van der Waals surface area contributed by atoms with E-state index in [9.17, 15) is 13.5 Å². The van der Waals surface area contributed by atoms with Gasteiger partial charge < -0.3 is 5.11 Å². The minimum absolute atomic E-state index is 0.385. The molecule has 3 nitrogen and oxygen atoms in total. The lowest BCUT2D eigenvalue weighted by molar-refractivity contribution is 0.0581. The van der Waals surface area contributed by atoms with Crippen molar-refractivity contribution in [3.8, 4) is 0 Å². The molecule has 0 saturated heterocycles. The van der Waals surface area contributed by atoms with E-state index in [1.807, 2.05) is 20.8 Å². The maximum atomic E-state index is 11.3. The van der Waals surface area contributed by atoms with Crippen molar-refractivity contribution in [3.05, 3.63) is 0 Å². The van der Waals surface area contributed by atoms with Crippen molar-refractivity contribution in [1.82, 2.24) is 0 Å². The zero-order valence-electron chi connectivity index (χ0n) is 9.03. The minimum Gasteiger partial charge on any atom is -0.391 e. The molecule has 80 valence electrons. The molecule has 0 amide bonds. The summed E-state index contributed by atoms with van der Waals surface area (Å²) < 4.78 is 22.6. The molecule has 0 aliphatic heterocycles. The number of aliphatic hydroxyl groups excluding tert-OH is 1. The van der Waals surface area contributed by atoms with E-state index in [4.69, 9.17) is 0 Å². The maximum absolute atomic E-state index is 11.3. The summed E-state index contributed by atoms with van der Waals surface area (Å²) in [6.07, 6.45) is 0.834. The van der Waals surface area contributed by atoms with Gasteiger partial charge in [-0.1, -0.05) is 27.7 Å². The van der Waals surface area contributed by atoms with Crippen LogP contribution in [0.4, 0.5) is 0 Å². The van der Waals surface area contributed by atoms with Crippen molar-refractivity contribution < 1.29 is 13.5 Å². The quantitative estimate of drug-likeness (QED) is 0.758. The summed E-state index contributed by atoms with van der Waals surface area (Å²) >= 11 is 0. The van der Waals surface area contributed by atoms with Crippen LogP contribution in [0.3, 0.4) is 0 Å². The SMILES string of the molecule is CC[C@@H]([C@H](O)C(C)(C)C)S(C)(=O)=O. The third-order valence-corrected chi connectivity index (χ3v) is 3.88. The molecule has 0 heterocycles. The second-order valence-corrected chi connectivity index (χ2v) is 6.85. The maximum Gasteiger partial charge on any atom is 0.152 e. The molecule has 0 unspecified atom stereocenters. The molecular weight excluding hydrogens is 188 g/mol. The Hall–Kier alpha value is -0.0900. The van der Waals surface area contributed by atoms with E-state index >= 15 is 0 Å². The van der Waals surface area contributed by atoms with Crippen molar-refractivity contribution >= 4 is 9.84 Å². The fraction of sp³-hybridized carbons (Fsp3) is 1.00. The predicted molar refractivity (Wildman–Crippen MR) is 54.4 cm³/mol. The van der Waals surface area contributed by atoms with Crippen LogP contribution in [-0.2, 0) is 9.84 Å². The third-order valence-electron chi connectivity index (χ3n) is 2.19. The van der Waals surface area contributed by atoms with E-state index in [2.05, 4.69) is 0 Å². The van der Waals surface area contributed by atoms with E-state index in [0.29, 0.717) is 6.42 Å². The van der Waals surface area contributed by atoms with Gasteiger partial charge in [-0.25, -0.2) is 8.42 Å². The average molecular weight is 208 g/mol. The molecule has 0 aliphatic carbocycles. The van der Waals surface area contributed by atoms with Crippen molar-refractivity contribution in [1.29, 1.82) is 0 Å². The fourth-order valence-corrected chi connectivity index (χ4v) is 2.80. The molecule has 0 rings (SSSR count). The summed E-state index contributed by atoms with van der Waals surface area (Å²) in [5.41, 5.74) is -0.385. The largest absolute Gasteiger partial charge is 0.391 e. The van der Waals surface area contributed by atoms with Crippen LogP contribution in [0.2, 0.25) is 0 Å². The number of sulfone groups is 1. The molecule has 0 saturated carbocycles. The molecule has 0 fully saturated rings. The van der Waals surface area contributed by atoms with E-state index in [1.54, 1.807) is 6.92 Å². The summed E-state index contributed by atoms with van der Waals surface area (Å²) in [4.78, 5) is 0. The highest BCUT2D eigenvalue weighted by Crippen LogP contribution is 2.26. The smallest absolute Gasteiger partial charge is 0.152 e. The summed E-state index contributed by atoms with van der Waals surface area (Å²) in [5.74, 6) is 0. The van der Waals surface area contributed by atoms with Crippen LogP contribution in [0.25, 0.3) is 0 Å². The number of rotatable bonds is 3. The van der Waals surface area contributed by atoms with Crippen LogP contribution in [-0.4, -0.2) is 31.1 Å². The Balaban J connectivity index is 4.82. The van der Waals surface area contributed by atoms with Crippen molar-refractivity contribution in [2.75, 3.05) is 6.26 Å². The highest BCUT2D eigenvalue weighted by Gasteiger charge is 2.35. The number of hydrogen-bond donors (Lipinski definition) is 1.